The number of nitrogens with zero attached hydrogens (tertiary/aromatic N) is 2. The van der Waals surface area contributed by atoms with Crippen molar-refractivity contribution >= 4 is 23.2 Å². The summed E-state index contributed by atoms with van der Waals surface area (Å²) in [6.07, 6.45) is 3.31. The Hall–Kier alpha value is -1.88. The first-order valence-corrected chi connectivity index (χ1v) is 6.16. The molecule has 0 atom stereocenters. The van der Waals surface area contributed by atoms with E-state index in [1.807, 2.05) is 0 Å². The molecule has 19 heavy (non-hydrogen) atoms. The number of rotatable bonds is 6. The first-order valence-electron chi connectivity index (χ1n) is 5.78. The van der Waals surface area contributed by atoms with E-state index in [2.05, 4.69) is 6.58 Å². The lowest BCUT2D eigenvalue weighted by atomic mass is 10.1. The van der Waals surface area contributed by atoms with Gasteiger partial charge >= 0.3 is 5.69 Å². The zero-order valence-electron chi connectivity index (χ0n) is 10.6. The Morgan fingerprint density at radius 1 is 1.58 bits per heavy atom. The monoisotopic (exact) mass is 282 g/mol. The summed E-state index contributed by atoms with van der Waals surface area (Å²) >= 11 is 5.77. The number of hydrogen-bond acceptors (Lipinski definition) is 3. The Morgan fingerprint density at radius 2 is 2.26 bits per heavy atom. The predicted molar refractivity (Wildman–Crippen MR) is 74.5 cm³/mol. The van der Waals surface area contributed by atoms with Crippen LogP contribution in [0, 0.1) is 10.1 Å². The van der Waals surface area contributed by atoms with Crippen LogP contribution in [0.5, 0.6) is 0 Å². The molecule has 0 spiro atoms. The lowest BCUT2D eigenvalue weighted by Crippen LogP contribution is -2.28. The van der Waals surface area contributed by atoms with Gasteiger partial charge in [0.2, 0.25) is 0 Å². The van der Waals surface area contributed by atoms with Gasteiger partial charge in [0.05, 0.1) is 4.92 Å². The number of hydrogen-bond donors (Lipinski definition) is 0. The van der Waals surface area contributed by atoms with Crippen molar-refractivity contribution in [2.75, 3.05) is 13.6 Å². The fraction of sp³-hybridized carbons (Fsp3) is 0.308. The van der Waals surface area contributed by atoms with E-state index in [0.29, 0.717) is 6.54 Å². The second-order valence-electron chi connectivity index (χ2n) is 4.05. The van der Waals surface area contributed by atoms with Crippen molar-refractivity contribution in [3.8, 4) is 0 Å². The standard InChI is InChI=1S/C13H15ClN2O3/c1-3-4-5-9-15(2)13(17)10-7-6-8-11(14)12(10)16(18)19/h3,6-8H,1,4-5,9H2,2H3. The number of carbonyl (C=O) groups excluding carboxylic acids is 1. The Morgan fingerprint density at radius 3 is 2.84 bits per heavy atom. The van der Waals surface area contributed by atoms with Crippen LogP contribution >= 0.6 is 11.6 Å². The van der Waals surface area contributed by atoms with Gasteiger partial charge in [-0.2, -0.15) is 0 Å². The van der Waals surface area contributed by atoms with Gasteiger partial charge in [-0.05, 0) is 25.0 Å². The summed E-state index contributed by atoms with van der Waals surface area (Å²) in [7, 11) is 1.61. The van der Waals surface area contributed by atoms with Crippen LogP contribution in [0.4, 0.5) is 5.69 Å². The Labute approximate surface area is 116 Å². The van der Waals surface area contributed by atoms with Crippen LogP contribution in [-0.2, 0) is 0 Å². The minimum atomic E-state index is -0.632. The number of para-hydroxylation sites is 1. The highest BCUT2D eigenvalue weighted by Crippen LogP contribution is 2.28. The molecule has 1 aromatic rings. The number of nitro benzene ring substituents is 1. The summed E-state index contributed by atoms with van der Waals surface area (Å²) in [5, 5.41) is 10.9. The fourth-order valence-corrected chi connectivity index (χ4v) is 1.90. The van der Waals surface area contributed by atoms with Gasteiger partial charge in [0.1, 0.15) is 10.6 Å². The van der Waals surface area contributed by atoms with Crippen molar-refractivity contribution in [1.29, 1.82) is 0 Å². The molecule has 6 heteroatoms. The van der Waals surface area contributed by atoms with Crippen LogP contribution in [0.2, 0.25) is 5.02 Å². The maximum absolute atomic E-state index is 12.2. The predicted octanol–water partition coefficient (Wildman–Crippen LogP) is 3.29. The number of carbonyl (C=O) groups is 1. The van der Waals surface area contributed by atoms with Gasteiger partial charge in [-0.15, -0.1) is 6.58 Å². The second kappa shape index (κ2) is 6.89. The molecular weight excluding hydrogens is 268 g/mol. The van der Waals surface area contributed by atoms with Crippen molar-refractivity contribution < 1.29 is 9.72 Å². The topological polar surface area (TPSA) is 63.5 Å². The number of halogens is 1. The first kappa shape index (κ1) is 15.2. The molecule has 1 aromatic carbocycles. The van der Waals surface area contributed by atoms with Gasteiger partial charge < -0.3 is 4.90 Å². The number of amides is 1. The average molecular weight is 283 g/mol. The number of nitro groups is 1. The summed E-state index contributed by atoms with van der Waals surface area (Å²) < 4.78 is 0. The van der Waals surface area contributed by atoms with E-state index in [9.17, 15) is 14.9 Å². The molecule has 5 nitrogen and oxygen atoms in total. The number of benzene rings is 1. The number of unbranched alkanes of at least 4 members (excludes halogenated alkanes) is 1. The summed E-state index contributed by atoms with van der Waals surface area (Å²) in [4.78, 5) is 23.9. The molecule has 0 aromatic heterocycles. The lowest BCUT2D eigenvalue weighted by molar-refractivity contribution is -0.385. The third-order valence-electron chi connectivity index (χ3n) is 2.65. The van der Waals surface area contributed by atoms with E-state index >= 15 is 0 Å². The smallest absolute Gasteiger partial charge is 0.300 e. The van der Waals surface area contributed by atoms with Crippen LogP contribution < -0.4 is 0 Å². The molecule has 0 aliphatic carbocycles. The highest BCUT2D eigenvalue weighted by molar-refractivity contribution is 6.33. The molecule has 0 aliphatic heterocycles. The van der Waals surface area contributed by atoms with Crippen molar-refractivity contribution in [3.05, 3.63) is 51.6 Å². The van der Waals surface area contributed by atoms with Crippen molar-refractivity contribution in [2.24, 2.45) is 0 Å². The normalized spacial score (nSPS) is 10.0. The maximum atomic E-state index is 12.2. The molecule has 1 amide bonds. The van der Waals surface area contributed by atoms with E-state index in [1.54, 1.807) is 13.1 Å². The zero-order chi connectivity index (χ0) is 14.4. The minimum Gasteiger partial charge on any atom is -0.341 e. The Balaban J connectivity index is 2.96. The third-order valence-corrected chi connectivity index (χ3v) is 2.95. The van der Waals surface area contributed by atoms with Crippen LogP contribution in [0.25, 0.3) is 0 Å². The van der Waals surface area contributed by atoms with Crippen molar-refractivity contribution in [1.82, 2.24) is 4.90 Å². The van der Waals surface area contributed by atoms with E-state index < -0.39 is 10.8 Å². The zero-order valence-corrected chi connectivity index (χ0v) is 11.4. The minimum absolute atomic E-state index is 0.0126. The molecule has 102 valence electrons. The molecule has 0 saturated heterocycles. The van der Waals surface area contributed by atoms with Gasteiger partial charge in [-0.3, -0.25) is 14.9 Å². The molecule has 0 aliphatic rings. The Kier molecular flexibility index (Phi) is 5.51. The maximum Gasteiger partial charge on any atom is 0.300 e. The van der Waals surface area contributed by atoms with Gasteiger partial charge in [-0.1, -0.05) is 23.7 Å². The lowest BCUT2D eigenvalue weighted by Gasteiger charge is -2.16. The van der Waals surface area contributed by atoms with E-state index in [4.69, 9.17) is 11.6 Å². The SMILES string of the molecule is C=CCCCN(C)C(=O)c1cccc(Cl)c1[N+](=O)[O-]. The molecule has 1 rings (SSSR count). The Bertz CT molecular complexity index is 503. The fourth-order valence-electron chi connectivity index (χ4n) is 1.65. The van der Waals surface area contributed by atoms with E-state index in [1.165, 1.54) is 23.1 Å². The van der Waals surface area contributed by atoms with E-state index in [0.717, 1.165) is 12.8 Å². The summed E-state index contributed by atoms with van der Waals surface area (Å²) in [5.74, 6) is -0.404. The first-order chi connectivity index (χ1) is 8.99. The largest absolute Gasteiger partial charge is 0.341 e. The second-order valence-corrected chi connectivity index (χ2v) is 4.46. The molecule has 0 heterocycles. The quantitative estimate of drug-likeness (QED) is 0.348. The molecular formula is C13H15ClN2O3. The third kappa shape index (κ3) is 3.79. The molecule has 0 fully saturated rings. The highest BCUT2D eigenvalue weighted by atomic mass is 35.5. The molecule has 0 radical (unpaired) electrons. The van der Waals surface area contributed by atoms with Gasteiger partial charge in [0.25, 0.3) is 5.91 Å². The number of allylic oxidation sites excluding steroid dienone is 1. The summed E-state index contributed by atoms with van der Waals surface area (Å²) in [6.45, 7) is 4.11. The van der Waals surface area contributed by atoms with Crippen LogP contribution in [0.1, 0.15) is 23.2 Å². The van der Waals surface area contributed by atoms with Gasteiger partial charge in [-0.25, -0.2) is 0 Å². The summed E-state index contributed by atoms with van der Waals surface area (Å²) in [6, 6.07) is 4.34. The van der Waals surface area contributed by atoms with Gasteiger partial charge in [0, 0.05) is 13.6 Å². The van der Waals surface area contributed by atoms with Crippen LogP contribution in [0.3, 0.4) is 0 Å². The van der Waals surface area contributed by atoms with Gasteiger partial charge in [0.15, 0.2) is 0 Å². The highest BCUT2D eigenvalue weighted by Gasteiger charge is 2.25. The van der Waals surface area contributed by atoms with E-state index in [-0.39, 0.29) is 16.3 Å². The average Bonchev–Trinajstić information content (AvgIpc) is 2.37. The molecule has 0 N–H and O–H groups in total. The molecule has 0 unspecified atom stereocenters. The van der Waals surface area contributed by atoms with Crippen LogP contribution in [-0.4, -0.2) is 29.3 Å². The van der Waals surface area contributed by atoms with Crippen molar-refractivity contribution in [3.63, 3.8) is 0 Å². The summed E-state index contributed by atoms with van der Waals surface area (Å²) in [5.41, 5.74) is -0.330. The van der Waals surface area contributed by atoms with Crippen LogP contribution in [0.15, 0.2) is 30.9 Å². The molecule has 0 saturated carbocycles. The molecule has 0 bridgehead atoms. The van der Waals surface area contributed by atoms with Crippen molar-refractivity contribution in [2.45, 2.75) is 12.8 Å².